The number of nitrogens with one attached hydrogen (secondary N) is 1. The number of anilines is 1. The van der Waals surface area contributed by atoms with E-state index in [1.807, 2.05) is 50.2 Å². The lowest BCUT2D eigenvalue weighted by Crippen LogP contribution is -2.42. The number of hydrogen-bond acceptors (Lipinski definition) is 7. The molecule has 0 bridgehead atoms. The number of ether oxygens (including phenoxy) is 1. The molecular formula is C30H31N3O5S2. The van der Waals surface area contributed by atoms with Crippen molar-refractivity contribution in [2.45, 2.75) is 59.4 Å². The van der Waals surface area contributed by atoms with E-state index in [2.05, 4.69) is 9.88 Å². The Balaban J connectivity index is 1.52. The third-order valence-electron chi connectivity index (χ3n) is 7.21. The van der Waals surface area contributed by atoms with E-state index in [1.54, 1.807) is 24.3 Å². The van der Waals surface area contributed by atoms with E-state index in [9.17, 15) is 19.2 Å². The molecule has 208 valence electrons. The number of thioether (sulfide) groups is 1. The molecule has 1 aromatic carbocycles. The van der Waals surface area contributed by atoms with Gasteiger partial charge >= 0.3 is 5.97 Å². The smallest absolute Gasteiger partial charge is 0.329 e. The number of nitrogens with zero attached hydrogens (tertiary/aromatic N) is 2. The average molecular weight is 578 g/mol. The van der Waals surface area contributed by atoms with E-state index in [4.69, 9.17) is 4.74 Å². The van der Waals surface area contributed by atoms with Gasteiger partial charge in [0.25, 0.3) is 17.1 Å². The molecule has 3 aromatic rings. The lowest BCUT2D eigenvalue weighted by atomic mass is 9.95. The molecule has 0 unspecified atom stereocenters. The topological polar surface area (TPSA) is 97.7 Å². The van der Waals surface area contributed by atoms with Gasteiger partial charge in [-0.15, -0.1) is 11.3 Å². The van der Waals surface area contributed by atoms with Gasteiger partial charge in [-0.05, 0) is 101 Å². The molecule has 1 fully saturated rings. The molecule has 1 N–H and O–H groups in total. The fourth-order valence-corrected chi connectivity index (χ4v) is 7.62. The van der Waals surface area contributed by atoms with Gasteiger partial charge in [0.05, 0.1) is 17.1 Å². The summed E-state index contributed by atoms with van der Waals surface area (Å²) in [5, 5.41) is 3.42. The van der Waals surface area contributed by atoms with Gasteiger partial charge < -0.3 is 14.6 Å². The van der Waals surface area contributed by atoms with Crippen molar-refractivity contribution in [3.63, 3.8) is 0 Å². The minimum Gasteiger partial charge on any atom is -0.464 e. The number of hydrogen-bond donors (Lipinski definition) is 1. The number of esters is 1. The number of thiophene rings is 1. The number of carbonyl (C=O) groups excluding carboxylic acids is 4. The average Bonchev–Trinajstić information content (AvgIpc) is 3.54. The van der Waals surface area contributed by atoms with Gasteiger partial charge in [-0.25, -0.2) is 4.79 Å². The molecule has 3 amide bonds. The van der Waals surface area contributed by atoms with Gasteiger partial charge in [0.2, 0.25) is 0 Å². The minimum absolute atomic E-state index is 0.135. The van der Waals surface area contributed by atoms with E-state index in [0.29, 0.717) is 5.56 Å². The molecule has 1 aliphatic carbocycles. The van der Waals surface area contributed by atoms with E-state index in [1.165, 1.54) is 11.8 Å². The maximum absolute atomic E-state index is 13.7. The van der Waals surface area contributed by atoms with Crippen molar-refractivity contribution in [2.75, 3.05) is 11.9 Å². The van der Waals surface area contributed by atoms with Crippen LogP contribution in [0.15, 0.2) is 41.3 Å². The summed E-state index contributed by atoms with van der Waals surface area (Å²) in [5.74, 6) is -1.27. The summed E-state index contributed by atoms with van der Waals surface area (Å²) in [7, 11) is 0. The van der Waals surface area contributed by atoms with Gasteiger partial charge in [-0.1, -0.05) is 18.2 Å². The minimum atomic E-state index is -1.01. The maximum Gasteiger partial charge on any atom is 0.329 e. The Kier molecular flexibility index (Phi) is 8.00. The van der Waals surface area contributed by atoms with Gasteiger partial charge in [0.15, 0.2) is 0 Å². The Bertz CT molecular complexity index is 1540. The van der Waals surface area contributed by atoms with Gasteiger partial charge in [-0.2, -0.15) is 0 Å². The molecule has 0 saturated carbocycles. The maximum atomic E-state index is 13.7. The number of rotatable bonds is 7. The molecule has 40 heavy (non-hydrogen) atoms. The predicted octanol–water partition coefficient (Wildman–Crippen LogP) is 6.27. The molecule has 1 atom stereocenters. The quantitative estimate of drug-likeness (QED) is 0.262. The Morgan fingerprint density at radius 3 is 2.58 bits per heavy atom. The number of benzene rings is 1. The lowest BCUT2D eigenvalue weighted by Gasteiger charge is -2.19. The van der Waals surface area contributed by atoms with Crippen LogP contribution in [0.2, 0.25) is 0 Å². The largest absolute Gasteiger partial charge is 0.464 e. The number of aryl methyl sites for hydroxylation is 2. The molecule has 8 nitrogen and oxygen atoms in total. The van der Waals surface area contributed by atoms with Crippen LogP contribution >= 0.6 is 23.1 Å². The van der Waals surface area contributed by atoms with Crippen molar-refractivity contribution in [2.24, 2.45) is 0 Å². The molecule has 3 heterocycles. The number of carbonyl (C=O) groups is 4. The van der Waals surface area contributed by atoms with Gasteiger partial charge in [0.1, 0.15) is 11.0 Å². The summed E-state index contributed by atoms with van der Waals surface area (Å²) in [6.07, 6.45) is 5.65. The normalized spacial score (nSPS) is 16.8. The van der Waals surface area contributed by atoms with Gasteiger partial charge in [-0.3, -0.25) is 19.3 Å². The van der Waals surface area contributed by atoms with E-state index < -0.39 is 23.2 Å². The lowest BCUT2D eigenvalue weighted by molar-refractivity contribution is -0.150. The van der Waals surface area contributed by atoms with Gasteiger partial charge in [0, 0.05) is 22.0 Å². The van der Waals surface area contributed by atoms with Crippen molar-refractivity contribution < 1.29 is 23.9 Å². The van der Waals surface area contributed by atoms with Crippen LogP contribution in [0.3, 0.4) is 0 Å². The standard InChI is InChI=1S/C30H31N3O5S2/c1-5-38-29(36)19(4)33-27(35)24(40-30(33)37)16-20-15-17(2)32(18(20)3)28-25(22-13-9-10-14-23(22)39-28)26(34)31-21-11-7-6-8-12-21/h6-8,11-12,15-16,19H,5,9-10,13-14H2,1-4H3,(H,31,34)/b24-16+/t19-/m0/s1. The summed E-state index contributed by atoms with van der Waals surface area (Å²) in [4.78, 5) is 54.1. The van der Waals surface area contributed by atoms with Crippen molar-refractivity contribution in [3.05, 3.63) is 74.3 Å². The van der Waals surface area contributed by atoms with Crippen LogP contribution in [0.4, 0.5) is 10.5 Å². The zero-order chi connectivity index (χ0) is 28.6. The van der Waals surface area contributed by atoms with Crippen molar-refractivity contribution in [1.29, 1.82) is 0 Å². The first-order chi connectivity index (χ1) is 19.2. The molecule has 1 saturated heterocycles. The highest BCUT2D eigenvalue weighted by Gasteiger charge is 2.41. The molecule has 1 aliphatic heterocycles. The fraction of sp³-hybridized carbons (Fsp3) is 0.333. The second kappa shape index (κ2) is 11.5. The molecular weight excluding hydrogens is 546 g/mol. The first kappa shape index (κ1) is 27.9. The molecule has 10 heteroatoms. The Morgan fingerprint density at radius 1 is 1.12 bits per heavy atom. The zero-order valence-corrected chi connectivity index (χ0v) is 24.5. The van der Waals surface area contributed by atoms with Crippen LogP contribution in [0, 0.1) is 13.8 Å². The second-order valence-corrected chi connectivity index (χ2v) is 11.9. The number of para-hydroxylation sites is 1. The van der Waals surface area contributed by atoms with Crippen LogP contribution in [-0.4, -0.2) is 45.1 Å². The highest BCUT2D eigenvalue weighted by Crippen LogP contribution is 2.40. The van der Waals surface area contributed by atoms with Crippen LogP contribution in [0.5, 0.6) is 0 Å². The molecule has 2 aliphatic rings. The first-order valence-electron chi connectivity index (χ1n) is 13.3. The van der Waals surface area contributed by atoms with E-state index >= 15 is 0 Å². The third kappa shape index (κ3) is 5.13. The third-order valence-corrected chi connectivity index (χ3v) is 9.37. The Morgan fingerprint density at radius 2 is 1.85 bits per heavy atom. The van der Waals surface area contributed by atoms with Crippen molar-refractivity contribution >= 4 is 57.9 Å². The van der Waals surface area contributed by atoms with Crippen LogP contribution < -0.4 is 5.32 Å². The molecule has 5 rings (SSSR count). The SMILES string of the molecule is CCOC(=O)[C@H](C)N1C(=O)S/C(=C/c2cc(C)n(-c3sc4c(c3C(=O)Nc3ccccc3)CCCC4)c2C)C1=O. The summed E-state index contributed by atoms with van der Waals surface area (Å²) in [6.45, 7) is 7.25. The summed E-state index contributed by atoms with van der Waals surface area (Å²) in [6, 6.07) is 10.4. The Hall–Kier alpha value is -3.63. The highest BCUT2D eigenvalue weighted by molar-refractivity contribution is 8.18. The Labute approximate surface area is 241 Å². The number of amides is 3. The van der Waals surface area contributed by atoms with Crippen LogP contribution in [0.1, 0.15) is 64.4 Å². The fourth-order valence-electron chi connectivity index (χ4n) is 5.23. The molecule has 2 aromatic heterocycles. The summed E-state index contributed by atoms with van der Waals surface area (Å²) >= 11 is 2.46. The monoisotopic (exact) mass is 577 g/mol. The second-order valence-electron chi connectivity index (χ2n) is 9.85. The number of fused-ring (bicyclic) bond motifs is 1. The molecule has 0 radical (unpaired) electrons. The number of aromatic nitrogens is 1. The predicted molar refractivity (Wildman–Crippen MR) is 158 cm³/mol. The summed E-state index contributed by atoms with van der Waals surface area (Å²) < 4.78 is 7.08. The van der Waals surface area contributed by atoms with Crippen molar-refractivity contribution in [1.82, 2.24) is 9.47 Å². The highest BCUT2D eigenvalue weighted by atomic mass is 32.2. The van der Waals surface area contributed by atoms with E-state index in [-0.39, 0.29) is 17.4 Å². The first-order valence-corrected chi connectivity index (χ1v) is 15.0. The van der Waals surface area contributed by atoms with Crippen LogP contribution in [-0.2, 0) is 27.2 Å². The van der Waals surface area contributed by atoms with Crippen molar-refractivity contribution in [3.8, 4) is 5.00 Å². The summed E-state index contributed by atoms with van der Waals surface area (Å²) in [5.41, 5.74) is 5.09. The molecule has 0 spiro atoms. The van der Waals surface area contributed by atoms with E-state index in [0.717, 1.165) is 75.5 Å². The zero-order valence-electron chi connectivity index (χ0n) is 22.9. The number of imide groups is 1. The van der Waals surface area contributed by atoms with Crippen LogP contribution in [0.25, 0.3) is 11.1 Å².